The molecular formula is C13H9F3N2O3. The molecule has 8 heteroatoms. The van der Waals surface area contributed by atoms with Gasteiger partial charge in [-0.1, -0.05) is 0 Å². The zero-order valence-corrected chi connectivity index (χ0v) is 10.4. The molecule has 0 spiro atoms. The molecule has 0 aliphatic carbocycles. The number of pyridine rings is 1. The van der Waals surface area contributed by atoms with Crippen LogP contribution in [-0.4, -0.2) is 22.4 Å². The fraction of sp³-hybridized carbons (Fsp3) is 0.0769. The first-order valence-electron chi connectivity index (χ1n) is 5.66. The van der Waals surface area contributed by atoms with Crippen LogP contribution in [0.2, 0.25) is 0 Å². The highest BCUT2D eigenvalue weighted by atomic mass is 19.4. The Morgan fingerprint density at radius 1 is 1.19 bits per heavy atom. The van der Waals surface area contributed by atoms with E-state index >= 15 is 0 Å². The molecule has 0 atom stereocenters. The lowest BCUT2D eigenvalue weighted by Crippen LogP contribution is -2.17. The van der Waals surface area contributed by atoms with Crippen LogP contribution in [0.1, 0.15) is 10.4 Å². The van der Waals surface area contributed by atoms with E-state index in [2.05, 4.69) is 15.0 Å². The second-order valence-electron chi connectivity index (χ2n) is 3.90. The van der Waals surface area contributed by atoms with Crippen molar-refractivity contribution in [2.24, 2.45) is 0 Å². The maximum absolute atomic E-state index is 12.0. The van der Waals surface area contributed by atoms with Gasteiger partial charge in [0.05, 0.1) is 0 Å². The van der Waals surface area contributed by atoms with Crippen molar-refractivity contribution in [2.45, 2.75) is 6.36 Å². The summed E-state index contributed by atoms with van der Waals surface area (Å²) in [6.45, 7) is 0. The van der Waals surface area contributed by atoms with E-state index in [1.165, 1.54) is 18.3 Å². The maximum Gasteiger partial charge on any atom is 0.573 e. The molecule has 110 valence electrons. The topological polar surface area (TPSA) is 71.5 Å². The Hall–Kier alpha value is -2.77. The first-order chi connectivity index (χ1) is 9.85. The number of nitrogens with one attached hydrogen (secondary N) is 1. The predicted molar refractivity (Wildman–Crippen MR) is 67.0 cm³/mol. The SMILES string of the molecule is O=C(Nc1ncccc1O)c1ccc(OC(F)(F)F)cc1. The molecule has 2 aromatic rings. The minimum Gasteiger partial charge on any atom is -0.504 e. The van der Waals surface area contributed by atoms with E-state index < -0.39 is 18.0 Å². The lowest BCUT2D eigenvalue weighted by atomic mass is 10.2. The van der Waals surface area contributed by atoms with Gasteiger partial charge in [-0.2, -0.15) is 0 Å². The van der Waals surface area contributed by atoms with Gasteiger partial charge in [-0.15, -0.1) is 13.2 Å². The normalized spacial score (nSPS) is 11.0. The smallest absolute Gasteiger partial charge is 0.504 e. The van der Waals surface area contributed by atoms with Gasteiger partial charge in [0.2, 0.25) is 0 Å². The Bertz CT molecular complexity index is 642. The second-order valence-corrected chi connectivity index (χ2v) is 3.90. The number of amides is 1. The number of nitrogens with zero attached hydrogens (tertiary/aromatic N) is 1. The first kappa shape index (κ1) is 14.6. The number of anilines is 1. The van der Waals surface area contributed by atoms with Crippen LogP contribution < -0.4 is 10.1 Å². The molecule has 1 aromatic heterocycles. The van der Waals surface area contributed by atoms with Gasteiger partial charge in [-0.25, -0.2) is 4.98 Å². The molecule has 2 N–H and O–H groups in total. The number of ether oxygens (including phenoxy) is 1. The molecule has 1 heterocycles. The quantitative estimate of drug-likeness (QED) is 0.914. The third-order valence-corrected chi connectivity index (χ3v) is 2.37. The van der Waals surface area contributed by atoms with Crippen molar-refractivity contribution in [1.82, 2.24) is 4.98 Å². The van der Waals surface area contributed by atoms with E-state index in [0.717, 1.165) is 24.3 Å². The van der Waals surface area contributed by atoms with Crippen molar-refractivity contribution in [3.63, 3.8) is 0 Å². The zero-order chi connectivity index (χ0) is 15.5. The molecule has 0 aliphatic heterocycles. The van der Waals surface area contributed by atoms with Crippen LogP contribution in [0, 0.1) is 0 Å². The summed E-state index contributed by atoms with van der Waals surface area (Å²) in [6, 6.07) is 7.17. The van der Waals surface area contributed by atoms with Gasteiger partial charge in [0.15, 0.2) is 11.6 Å². The molecule has 0 fully saturated rings. The van der Waals surface area contributed by atoms with Gasteiger partial charge < -0.3 is 15.2 Å². The number of carbonyl (C=O) groups excluding carboxylic acids is 1. The van der Waals surface area contributed by atoms with E-state index in [1.807, 2.05) is 0 Å². The zero-order valence-electron chi connectivity index (χ0n) is 10.4. The van der Waals surface area contributed by atoms with Crippen molar-refractivity contribution in [1.29, 1.82) is 0 Å². The van der Waals surface area contributed by atoms with E-state index in [4.69, 9.17) is 0 Å². The summed E-state index contributed by atoms with van der Waals surface area (Å²) in [5, 5.41) is 11.8. The number of alkyl halides is 3. The summed E-state index contributed by atoms with van der Waals surface area (Å²) in [7, 11) is 0. The highest BCUT2D eigenvalue weighted by Crippen LogP contribution is 2.23. The molecule has 21 heavy (non-hydrogen) atoms. The van der Waals surface area contributed by atoms with E-state index in [-0.39, 0.29) is 17.1 Å². The lowest BCUT2D eigenvalue weighted by molar-refractivity contribution is -0.274. The van der Waals surface area contributed by atoms with Crippen LogP contribution in [0.5, 0.6) is 11.5 Å². The Morgan fingerprint density at radius 3 is 2.43 bits per heavy atom. The average molecular weight is 298 g/mol. The number of aromatic hydroxyl groups is 1. The number of hydrogen-bond donors (Lipinski definition) is 2. The minimum atomic E-state index is -4.79. The fourth-order valence-corrected chi connectivity index (χ4v) is 1.48. The summed E-state index contributed by atoms with van der Waals surface area (Å²) in [5.41, 5.74) is 0.0922. The largest absolute Gasteiger partial charge is 0.573 e. The van der Waals surface area contributed by atoms with Gasteiger partial charge >= 0.3 is 6.36 Å². The third kappa shape index (κ3) is 4.10. The summed E-state index contributed by atoms with van der Waals surface area (Å²) >= 11 is 0. The third-order valence-electron chi connectivity index (χ3n) is 2.37. The van der Waals surface area contributed by atoms with Crippen molar-refractivity contribution in [3.8, 4) is 11.5 Å². The van der Waals surface area contributed by atoms with Gasteiger partial charge in [0.1, 0.15) is 5.75 Å². The summed E-state index contributed by atoms with van der Waals surface area (Å²) < 4.78 is 39.7. The number of benzene rings is 1. The minimum absolute atomic E-state index is 0.0434. The van der Waals surface area contributed by atoms with Crippen molar-refractivity contribution >= 4 is 11.7 Å². The van der Waals surface area contributed by atoms with Gasteiger partial charge in [0.25, 0.3) is 5.91 Å². The highest BCUT2D eigenvalue weighted by molar-refractivity contribution is 6.04. The first-order valence-corrected chi connectivity index (χ1v) is 5.66. The standard InChI is InChI=1S/C13H9F3N2O3/c14-13(15,16)21-9-5-3-8(4-6-9)12(20)18-11-10(19)2-1-7-17-11/h1-7,19H,(H,17,18,20). The Kier molecular flexibility index (Phi) is 3.97. The van der Waals surface area contributed by atoms with Crippen molar-refractivity contribution < 1.29 is 27.8 Å². The van der Waals surface area contributed by atoms with Crippen LogP contribution in [0.25, 0.3) is 0 Å². The molecule has 0 saturated heterocycles. The molecule has 0 aliphatic rings. The van der Waals surface area contributed by atoms with Crippen LogP contribution in [-0.2, 0) is 0 Å². The molecule has 2 rings (SSSR count). The molecule has 0 unspecified atom stereocenters. The van der Waals surface area contributed by atoms with Gasteiger partial charge in [-0.3, -0.25) is 4.79 Å². The summed E-state index contributed by atoms with van der Waals surface area (Å²) in [5.74, 6) is -1.32. The lowest BCUT2D eigenvalue weighted by Gasteiger charge is -2.09. The Morgan fingerprint density at radius 2 is 1.86 bits per heavy atom. The van der Waals surface area contributed by atoms with Crippen LogP contribution in [0.15, 0.2) is 42.6 Å². The van der Waals surface area contributed by atoms with Crippen LogP contribution >= 0.6 is 0 Å². The second kappa shape index (κ2) is 5.70. The number of carbonyl (C=O) groups is 1. The Balaban J connectivity index is 2.08. The van der Waals surface area contributed by atoms with E-state index in [0.29, 0.717) is 0 Å². The molecule has 1 amide bonds. The van der Waals surface area contributed by atoms with Crippen molar-refractivity contribution in [2.75, 3.05) is 5.32 Å². The summed E-state index contributed by atoms with van der Waals surface area (Å²) in [6.07, 6.45) is -3.42. The predicted octanol–water partition coefficient (Wildman–Crippen LogP) is 2.94. The number of aromatic nitrogens is 1. The highest BCUT2D eigenvalue weighted by Gasteiger charge is 2.31. The van der Waals surface area contributed by atoms with E-state index in [1.54, 1.807) is 0 Å². The molecule has 0 radical (unpaired) electrons. The number of hydrogen-bond acceptors (Lipinski definition) is 4. The molecule has 5 nitrogen and oxygen atoms in total. The van der Waals surface area contributed by atoms with Crippen LogP contribution in [0.3, 0.4) is 0 Å². The average Bonchev–Trinajstić information content (AvgIpc) is 2.40. The van der Waals surface area contributed by atoms with E-state index in [9.17, 15) is 23.1 Å². The molecule has 0 saturated carbocycles. The van der Waals surface area contributed by atoms with Crippen molar-refractivity contribution in [3.05, 3.63) is 48.2 Å². The monoisotopic (exact) mass is 298 g/mol. The van der Waals surface area contributed by atoms with Gasteiger partial charge in [0, 0.05) is 11.8 Å². The molecular weight excluding hydrogens is 289 g/mol. The summed E-state index contributed by atoms with van der Waals surface area (Å²) in [4.78, 5) is 15.6. The van der Waals surface area contributed by atoms with Gasteiger partial charge in [-0.05, 0) is 36.4 Å². The number of halogens is 3. The van der Waals surface area contributed by atoms with Crippen LogP contribution in [0.4, 0.5) is 19.0 Å². The fourth-order valence-electron chi connectivity index (χ4n) is 1.48. The number of rotatable bonds is 3. The Labute approximate surface area is 117 Å². The molecule has 0 bridgehead atoms. The molecule has 1 aromatic carbocycles. The maximum atomic E-state index is 12.0.